The van der Waals surface area contributed by atoms with E-state index in [9.17, 15) is 0 Å². The fraction of sp³-hybridized carbons (Fsp3) is 0.0154. The van der Waals surface area contributed by atoms with E-state index >= 15 is 0 Å². The summed E-state index contributed by atoms with van der Waals surface area (Å²) in [6, 6.07) is 92.9. The highest BCUT2D eigenvalue weighted by molar-refractivity contribution is 6.17. The molecule has 13 aromatic rings. The largest absolute Gasteiger partial charge is 0.453 e. The van der Waals surface area contributed by atoms with Gasteiger partial charge in [-0.15, -0.1) is 0 Å². The van der Waals surface area contributed by atoms with Crippen LogP contribution in [-0.4, -0.2) is 4.57 Å². The zero-order valence-corrected chi connectivity index (χ0v) is 37.1. The molecule has 3 nitrogen and oxygen atoms in total. The van der Waals surface area contributed by atoms with Crippen molar-refractivity contribution in [3.05, 3.63) is 277 Å². The predicted octanol–water partition coefficient (Wildman–Crippen LogP) is 17.3. The summed E-state index contributed by atoms with van der Waals surface area (Å²) in [6.07, 6.45) is 0. The Morgan fingerprint density at radius 3 is 1.60 bits per heavy atom. The van der Waals surface area contributed by atoms with Gasteiger partial charge >= 0.3 is 0 Å². The molecule has 0 radical (unpaired) electrons. The van der Waals surface area contributed by atoms with Gasteiger partial charge in [-0.1, -0.05) is 188 Å². The van der Waals surface area contributed by atoms with Gasteiger partial charge in [0, 0.05) is 44.0 Å². The van der Waals surface area contributed by atoms with Crippen molar-refractivity contribution in [1.29, 1.82) is 0 Å². The van der Waals surface area contributed by atoms with Gasteiger partial charge in [0.05, 0.1) is 22.1 Å². The maximum absolute atomic E-state index is 7.01. The Labute approximate surface area is 394 Å². The number of rotatable bonds is 7. The molecule has 2 heterocycles. The molecular formula is C65H42N2O. The van der Waals surface area contributed by atoms with E-state index in [4.69, 9.17) is 4.42 Å². The molecule has 0 saturated heterocycles. The smallest absolute Gasteiger partial charge is 0.159 e. The molecule has 0 unspecified atom stereocenters. The van der Waals surface area contributed by atoms with Crippen LogP contribution in [0.15, 0.2) is 259 Å². The quantitative estimate of drug-likeness (QED) is 0.159. The van der Waals surface area contributed by atoms with Gasteiger partial charge in [-0.25, -0.2) is 0 Å². The van der Waals surface area contributed by atoms with Gasteiger partial charge in [0.25, 0.3) is 0 Å². The van der Waals surface area contributed by atoms with E-state index in [1.807, 2.05) is 0 Å². The Bertz CT molecular complexity index is 3980. The van der Waals surface area contributed by atoms with Gasteiger partial charge in [0.1, 0.15) is 5.58 Å². The van der Waals surface area contributed by atoms with Crippen LogP contribution in [-0.2, 0) is 5.41 Å². The molecule has 1 aliphatic carbocycles. The molecule has 318 valence electrons. The lowest BCUT2D eigenvalue weighted by molar-refractivity contribution is 0.673. The van der Waals surface area contributed by atoms with Crippen molar-refractivity contribution in [2.24, 2.45) is 0 Å². The Morgan fingerprint density at radius 1 is 0.353 bits per heavy atom. The molecule has 0 atom stereocenters. The van der Waals surface area contributed by atoms with Crippen LogP contribution in [0.25, 0.3) is 82.5 Å². The van der Waals surface area contributed by atoms with Crippen LogP contribution in [0.2, 0.25) is 0 Å². The molecule has 11 aromatic carbocycles. The number of hydrogen-bond donors (Lipinski definition) is 0. The van der Waals surface area contributed by atoms with Crippen molar-refractivity contribution in [1.82, 2.24) is 4.57 Å². The number of benzene rings is 11. The van der Waals surface area contributed by atoms with E-state index in [1.165, 1.54) is 60.8 Å². The minimum atomic E-state index is -0.469. The third-order valence-electron chi connectivity index (χ3n) is 14.5. The Kier molecular flexibility index (Phi) is 8.50. The molecule has 0 aliphatic heterocycles. The number of furan rings is 1. The molecule has 0 fully saturated rings. The first-order chi connectivity index (χ1) is 33.7. The van der Waals surface area contributed by atoms with Crippen LogP contribution in [0.4, 0.5) is 17.1 Å². The minimum absolute atomic E-state index is 0.469. The maximum atomic E-state index is 7.01. The van der Waals surface area contributed by atoms with Crippen LogP contribution in [0.3, 0.4) is 0 Å². The highest BCUT2D eigenvalue weighted by Crippen LogP contribution is 2.57. The van der Waals surface area contributed by atoms with E-state index in [2.05, 4.69) is 264 Å². The lowest BCUT2D eigenvalue weighted by atomic mass is 9.67. The molecule has 1 aliphatic rings. The van der Waals surface area contributed by atoms with E-state index < -0.39 is 5.41 Å². The number of para-hydroxylation sites is 3. The average Bonchev–Trinajstić information content (AvgIpc) is 4.07. The van der Waals surface area contributed by atoms with Crippen LogP contribution < -0.4 is 4.90 Å². The summed E-state index contributed by atoms with van der Waals surface area (Å²) < 4.78 is 9.38. The summed E-state index contributed by atoms with van der Waals surface area (Å²) in [6.45, 7) is 0. The van der Waals surface area contributed by atoms with E-state index in [-0.39, 0.29) is 0 Å². The number of fused-ring (bicyclic) bond motifs is 11. The zero-order valence-electron chi connectivity index (χ0n) is 37.1. The number of anilines is 3. The zero-order chi connectivity index (χ0) is 44.8. The first-order valence-corrected chi connectivity index (χ1v) is 23.4. The molecule has 68 heavy (non-hydrogen) atoms. The highest BCUT2D eigenvalue weighted by Gasteiger charge is 2.46. The van der Waals surface area contributed by atoms with Crippen molar-refractivity contribution >= 4 is 71.6 Å². The third-order valence-corrected chi connectivity index (χ3v) is 14.5. The summed E-state index contributed by atoms with van der Waals surface area (Å²) in [5.41, 5.74) is 17.8. The van der Waals surface area contributed by atoms with Crippen LogP contribution in [0.5, 0.6) is 0 Å². The summed E-state index contributed by atoms with van der Waals surface area (Å²) in [4.78, 5) is 2.35. The summed E-state index contributed by atoms with van der Waals surface area (Å²) in [7, 11) is 0. The van der Waals surface area contributed by atoms with Gasteiger partial charge in [-0.3, -0.25) is 0 Å². The molecule has 2 aromatic heterocycles. The van der Waals surface area contributed by atoms with Crippen molar-refractivity contribution in [2.75, 3.05) is 4.90 Å². The van der Waals surface area contributed by atoms with Gasteiger partial charge in [-0.05, 0) is 117 Å². The van der Waals surface area contributed by atoms with Gasteiger partial charge in [0.15, 0.2) is 5.58 Å². The SMILES string of the molecule is c1ccc(C2(c3ccccc3)c3ccccc3-c3ccc(-c4ccc(N(c5ccc(-n6c7ccccc7c7ccccc76)cc5)c5cccc6c5oc5c7ccccc7ccc65)cc4)cc32)cc1. The lowest BCUT2D eigenvalue weighted by Crippen LogP contribution is -2.28. The molecule has 0 amide bonds. The lowest BCUT2D eigenvalue weighted by Gasteiger charge is -2.34. The Hall–Kier alpha value is -8.92. The monoisotopic (exact) mass is 866 g/mol. The second-order valence-electron chi connectivity index (χ2n) is 18.0. The first kappa shape index (κ1) is 38.4. The topological polar surface area (TPSA) is 21.3 Å². The van der Waals surface area contributed by atoms with E-state index in [0.29, 0.717) is 0 Å². The van der Waals surface area contributed by atoms with Gasteiger partial charge < -0.3 is 13.9 Å². The Balaban J connectivity index is 0.930. The molecular weight excluding hydrogens is 825 g/mol. The second-order valence-corrected chi connectivity index (χ2v) is 18.0. The molecule has 0 bridgehead atoms. The van der Waals surface area contributed by atoms with Crippen molar-refractivity contribution < 1.29 is 4.42 Å². The predicted molar refractivity (Wildman–Crippen MR) is 283 cm³/mol. The summed E-state index contributed by atoms with van der Waals surface area (Å²) in [5, 5.41) is 6.96. The number of nitrogens with zero attached hydrogens (tertiary/aromatic N) is 2. The standard InChI is InChI=1S/C65H42N2O/c1-3-17-46(18-4-1)65(47-19-5-2-6-20-47)58-26-12-9-22-52(58)53-40-33-45(42-59(53)65)43-30-34-48(35-31-43)66(62-29-15-25-56-57-41-32-44-16-7-8-21-51(44)63(57)68-64(56)62)49-36-38-50(39-37-49)67-60-27-13-10-23-54(60)55-24-11-14-28-61(55)67/h1-42H. The van der Waals surface area contributed by atoms with Gasteiger partial charge in [0.2, 0.25) is 0 Å². The van der Waals surface area contributed by atoms with Crippen molar-refractivity contribution in [2.45, 2.75) is 5.41 Å². The molecule has 0 N–H and O–H groups in total. The molecule has 14 rings (SSSR count). The number of hydrogen-bond acceptors (Lipinski definition) is 2. The van der Waals surface area contributed by atoms with E-state index in [0.717, 1.165) is 61.0 Å². The maximum Gasteiger partial charge on any atom is 0.159 e. The van der Waals surface area contributed by atoms with Crippen molar-refractivity contribution in [3.8, 4) is 27.9 Å². The second kappa shape index (κ2) is 15.1. The molecule has 3 heteroatoms. The fourth-order valence-corrected chi connectivity index (χ4v) is 11.5. The van der Waals surface area contributed by atoms with Crippen LogP contribution in [0, 0.1) is 0 Å². The summed E-state index contributed by atoms with van der Waals surface area (Å²) in [5.74, 6) is 0. The van der Waals surface area contributed by atoms with Crippen LogP contribution >= 0.6 is 0 Å². The minimum Gasteiger partial charge on any atom is -0.453 e. The first-order valence-electron chi connectivity index (χ1n) is 23.4. The fourth-order valence-electron chi connectivity index (χ4n) is 11.5. The van der Waals surface area contributed by atoms with Crippen LogP contribution in [0.1, 0.15) is 22.3 Å². The number of aromatic nitrogens is 1. The average molecular weight is 867 g/mol. The van der Waals surface area contributed by atoms with E-state index in [1.54, 1.807) is 0 Å². The molecule has 0 saturated carbocycles. The van der Waals surface area contributed by atoms with Gasteiger partial charge in [-0.2, -0.15) is 0 Å². The van der Waals surface area contributed by atoms with Crippen molar-refractivity contribution in [3.63, 3.8) is 0 Å². The third kappa shape index (κ3) is 5.60. The normalized spacial score (nSPS) is 12.8. The highest BCUT2D eigenvalue weighted by atomic mass is 16.3. The molecule has 0 spiro atoms. The summed E-state index contributed by atoms with van der Waals surface area (Å²) >= 11 is 0. The Morgan fingerprint density at radius 2 is 0.897 bits per heavy atom.